The summed E-state index contributed by atoms with van der Waals surface area (Å²) in [6.45, 7) is 7.86. The van der Waals surface area contributed by atoms with E-state index < -0.39 is 0 Å². The molecule has 2 rings (SSSR count). The number of piperidine rings is 2. The average molecular weight is 295 g/mol. The second-order valence-corrected chi connectivity index (χ2v) is 6.68. The summed E-state index contributed by atoms with van der Waals surface area (Å²) >= 11 is 0. The van der Waals surface area contributed by atoms with Gasteiger partial charge in [-0.2, -0.15) is 0 Å². The van der Waals surface area contributed by atoms with Gasteiger partial charge in [0.1, 0.15) is 0 Å². The van der Waals surface area contributed by atoms with Crippen LogP contribution in [0.15, 0.2) is 0 Å². The van der Waals surface area contributed by atoms with Crippen molar-refractivity contribution in [2.45, 2.75) is 52.0 Å². The van der Waals surface area contributed by atoms with Gasteiger partial charge in [0, 0.05) is 25.7 Å². The minimum atomic E-state index is 0.0658. The minimum Gasteiger partial charge on any atom is -0.353 e. The zero-order valence-corrected chi connectivity index (χ0v) is 13.4. The first-order chi connectivity index (χ1) is 10.1. The molecule has 0 saturated carbocycles. The van der Waals surface area contributed by atoms with Crippen molar-refractivity contribution in [1.82, 2.24) is 15.1 Å². The van der Waals surface area contributed by atoms with Gasteiger partial charge in [-0.3, -0.25) is 14.5 Å². The van der Waals surface area contributed by atoms with Crippen LogP contribution >= 0.6 is 0 Å². The van der Waals surface area contributed by atoms with Crippen molar-refractivity contribution in [3.8, 4) is 0 Å². The second kappa shape index (κ2) is 7.78. The highest BCUT2D eigenvalue weighted by molar-refractivity contribution is 5.80. The van der Waals surface area contributed by atoms with Gasteiger partial charge in [-0.1, -0.05) is 0 Å². The number of nitrogens with zero attached hydrogens (tertiary/aromatic N) is 2. The fourth-order valence-corrected chi connectivity index (χ4v) is 3.34. The smallest absolute Gasteiger partial charge is 0.234 e. The topological polar surface area (TPSA) is 52.7 Å². The van der Waals surface area contributed by atoms with Crippen LogP contribution in [0, 0.1) is 5.92 Å². The molecule has 0 aromatic carbocycles. The van der Waals surface area contributed by atoms with Gasteiger partial charge in [0.2, 0.25) is 11.8 Å². The summed E-state index contributed by atoms with van der Waals surface area (Å²) in [5.74, 6) is 0.462. The van der Waals surface area contributed by atoms with Crippen LogP contribution in [0.2, 0.25) is 0 Å². The Labute approximate surface area is 128 Å². The Morgan fingerprint density at radius 3 is 2.48 bits per heavy atom. The molecule has 0 aliphatic carbocycles. The number of amides is 2. The fraction of sp³-hybridized carbons (Fsp3) is 0.875. The summed E-state index contributed by atoms with van der Waals surface area (Å²) in [4.78, 5) is 28.6. The van der Waals surface area contributed by atoms with Crippen LogP contribution in [0.4, 0.5) is 0 Å². The highest BCUT2D eigenvalue weighted by Gasteiger charge is 2.30. The first-order valence-corrected chi connectivity index (χ1v) is 8.37. The maximum Gasteiger partial charge on any atom is 0.234 e. The molecule has 0 aromatic heterocycles. The van der Waals surface area contributed by atoms with Crippen molar-refractivity contribution in [3.63, 3.8) is 0 Å². The highest BCUT2D eigenvalue weighted by Crippen LogP contribution is 2.21. The second-order valence-electron chi connectivity index (χ2n) is 6.68. The molecule has 0 aromatic rings. The van der Waals surface area contributed by atoms with Crippen molar-refractivity contribution in [2.24, 2.45) is 5.92 Å². The number of rotatable bonds is 4. The molecule has 0 spiro atoms. The van der Waals surface area contributed by atoms with Crippen LogP contribution in [-0.2, 0) is 9.59 Å². The Hall–Kier alpha value is -1.10. The monoisotopic (exact) mass is 295 g/mol. The number of nitrogens with one attached hydrogen (secondary N) is 1. The Morgan fingerprint density at radius 2 is 1.81 bits per heavy atom. The molecule has 1 N–H and O–H groups in total. The third-order valence-electron chi connectivity index (χ3n) is 4.34. The fourth-order valence-electron chi connectivity index (χ4n) is 3.34. The summed E-state index contributed by atoms with van der Waals surface area (Å²) in [6, 6.07) is 0.174. The minimum absolute atomic E-state index is 0.0658. The van der Waals surface area contributed by atoms with Crippen LogP contribution in [0.25, 0.3) is 0 Å². The van der Waals surface area contributed by atoms with Gasteiger partial charge >= 0.3 is 0 Å². The molecule has 2 heterocycles. The van der Waals surface area contributed by atoms with E-state index in [0.29, 0.717) is 12.5 Å². The van der Waals surface area contributed by atoms with E-state index in [4.69, 9.17) is 0 Å². The van der Waals surface area contributed by atoms with Gasteiger partial charge in [0.15, 0.2) is 0 Å². The number of hydrogen-bond acceptors (Lipinski definition) is 3. The average Bonchev–Trinajstić information content (AvgIpc) is 2.46. The van der Waals surface area contributed by atoms with E-state index in [1.807, 2.05) is 18.7 Å². The van der Waals surface area contributed by atoms with E-state index in [1.165, 1.54) is 6.42 Å². The molecular formula is C16H29N3O2. The zero-order chi connectivity index (χ0) is 15.2. The molecule has 1 atom stereocenters. The Bertz CT molecular complexity index is 365. The van der Waals surface area contributed by atoms with E-state index >= 15 is 0 Å². The molecule has 21 heavy (non-hydrogen) atoms. The molecule has 2 aliphatic heterocycles. The number of carbonyl (C=O) groups is 2. The number of likely N-dealkylation sites (tertiary alicyclic amines) is 2. The van der Waals surface area contributed by atoms with Crippen molar-refractivity contribution >= 4 is 11.8 Å². The van der Waals surface area contributed by atoms with Gasteiger partial charge in [-0.25, -0.2) is 0 Å². The first kappa shape index (κ1) is 16.3. The standard InChI is InChI=1S/C16H29N3O2/c1-13(2)17-15(20)12-18-8-6-7-14(11-18)16(21)19-9-4-3-5-10-19/h13-14H,3-12H2,1-2H3,(H,17,20). The third kappa shape index (κ3) is 4.99. The highest BCUT2D eigenvalue weighted by atomic mass is 16.2. The third-order valence-corrected chi connectivity index (χ3v) is 4.34. The summed E-state index contributed by atoms with van der Waals surface area (Å²) in [5.41, 5.74) is 0. The Balaban J connectivity index is 1.82. The maximum atomic E-state index is 12.6. The first-order valence-electron chi connectivity index (χ1n) is 8.37. The summed E-state index contributed by atoms with van der Waals surface area (Å²) < 4.78 is 0. The number of carbonyl (C=O) groups excluding carboxylic acids is 2. The van der Waals surface area contributed by atoms with Crippen LogP contribution < -0.4 is 5.32 Å². The molecule has 0 bridgehead atoms. The van der Waals surface area contributed by atoms with Crippen LogP contribution in [0.5, 0.6) is 0 Å². The van der Waals surface area contributed by atoms with Crippen LogP contribution in [-0.4, -0.2) is 60.4 Å². The molecule has 2 fully saturated rings. The van der Waals surface area contributed by atoms with E-state index in [0.717, 1.165) is 51.9 Å². The molecule has 0 radical (unpaired) electrons. The van der Waals surface area contributed by atoms with Crippen molar-refractivity contribution < 1.29 is 9.59 Å². The largest absolute Gasteiger partial charge is 0.353 e. The number of hydrogen-bond donors (Lipinski definition) is 1. The van der Waals surface area contributed by atoms with E-state index in [2.05, 4.69) is 10.2 Å². The van der Waals surface area contributed by atoms with Crippen molar-refractivity contribution in [3.05, 3.63) is 0 Å². The van der Waals surface area contributed by atoms with Gasteiger partial charge in [0.25, 0.3) is 0 Å². The van der Waals surface area contributed by atoms with Crippen LogP contribution in [0.1, 0.15) is 46.0 Å². The van der Waals surface area contributed by atoms with Gasteiger partial charge in [-0.15, -0.1) is 0 Å². The zero-order valence-electron chi connectivity index (χ0n) is 13.4. The molecule has 2 amide bonds. The van der Waals surface area contributed by atoms with E-state index in [-0.39, 0.29) is 17.9 Å². The summed E-state index contributed by atoms with van der Waals surface area (Å²) in [6.07, 6.45) is 5.50. The van der Waals surface area contributed by atoms with Gasteiger partial charge < -0.3 is 10.2 Å². The Kier molecular flexibility index (Phi) is 6.03. The molecule has 2 saturated heterocycles. The predicted molar refractivity (Wildman–Crippen MR) is 82.9 cm³/mol. The molecule has 5 nitrogen and oxygen atoms in total. The normalized spacial score (nSPS) is 24.1. The quantitative estimate of drug-likeness (QED) is 0.849. The summed E-state index contributed by atoms with van der Waals surface area (Å²) in [5, 5.41) is 2.92. The van der Waals surface area contributed by atoms with Crippen molar-refractivity contribution in [2.75, 3.05) is 32.7 Å². The predicted octanol–water partition coefficient (Wildman–Crippen LogP) is 1.24. The van der Waals surface area contributed by atoms with Crippen molar-refractivity contribution in [1.29, 1.82) is 0 Å². The molecular weight excluding hydrogens is 266 g/mol. The van der Waals surface area contributed by atoms with E-state index in [1.54, 1.807) is 0 Å². The van der Waals surface area contributed by atoms with Crippen LogP contribution in [0.3, 0.4) is 0 Å². The lowest BCUT2D eigenvalue weighted by atomic mass is 9.95. The molecule has 1 unspecified atom stereocenters. The lowest BCUT2D eigenvalue weighted by Gasteiger charge is -2.36. The molecule has 120 valence electrons. The SMILES string of the molecule is CC(C)NC(=O)CN1CCCC(C(=O)N2CCCCC2)C1. The molecule has 2 aliphatic rings. The lowest BCUT2D eigenvalue weighted by molar-refractivity contribution is -0.139. The summed E-state index contributed by atoms with van der Waals surface area (Å²) in [7, 11) is 0. The van der Waals surface area contributed by atoms with Gasteiger partial charge in [-0.05, 0) is 52.5 Å². The lowest BCUT2D eigenvalue weighted by Crippen LogP contribution is -2.49. The molecule has 5 heteroatoms. The van der Waals surface area contributed by atoms with E-state index in [9.17, 15) is 9.59 Å². The maximum absolute atomic E-state index is 12.6. The Morgan fingerprint density at radius 1 is 1.10 bits per heavy atom. The van der Waals surface area contributed by atoms with Gasteiger partial charge in [0.05, 0.1) is 12.5 Å².